The zero-order valence-electron chi connectivity index (χ0n) is 10.1. The molecule has 2 aliphatic heterocycles. The predicted octanol–water partition coefficient (Wildman–Crippen LogP) is 0.513. The molecule has 2 aliphatic rings. The molecule has 2 bridgehead atoms. The van der Waals surface area contributed by atoms with Gasteiger partial charge < -0.3 is 5.32 Å². The van der Waals surface area contributed by atoms with Gasteiger partial charge in [-0.15, -0.1) is 0 Å². The Kier molecular flexibility index (Phi) is 3.56. The van der Waals surface area contributed by atoms with E-state index >= 15 is 0 Å². The highest BCUT2D eigenvalue weighted by atomic mass is 32.2. The van der Waals surface area contributed by atoms with Gasteiger partial charge in [-0.1, -0.05) is 13.8 Å². The molecule has 2 atom stereocenters. The zero-order chi connectivity index (χ0) is 11.8. The molecule has 4 nitrogen and oxygen atoms in total. The van der Waals surface area contributed by atoms with Gasteiger partial charge in [0.1, 0.15) is 0 Å². The molecule has 0 aromatic carbocycles. The van der Waals surface area contributed by atoms with Crippen LogP contribution in [0.25, 0.3) is 0 Å². The number of hydrogen-bond acceptors (Lipinski definition) is 3. The fourth-order valence-corrected chi connectivity index (χ4v) is 4.74. The first-order valence-corrected chi connectivity index (χ1v) is 7.77. The Morgan fingerprint density at radius 3 is 2.31 bits per heavy atom. The fraction of sp³-hybridized carbons (Fsp3) is 1.00. The van der Waals surface area contributed by atoms with Crippen LogP contribution in [-0.4, -0.2) is 44.7 Å². The van der Waals surface area contributed by atoms with Crippen molar-refractivity contribution >= 4 is 10.0 Å². The lowest BCUT2D eigenvalue weighted by atomic mass is 9.87. The molecule has 2 saturated heterocycles. The highest BCUT2D eigenvalue weighted by Gasteiger charge is 2.35. The second-order valence-electron chi connectivity index (χ2n) is 5.62. The minimum absolute atomic E-state index is 0.213. The predicted molar refractivity (Wildman–Crippen MR) is 64.7 cm³/mol. The van der Waals surface area contributed by atoms with Crippen molar-refractivity contribution in [2.24, 2.45) is 17.8 Å². The van der Waals surface area contributed by atoms with Gasteiger partial charge in [0.2, 0.25) is 10.0 Å². The van der Waals surface area contributed by atoms with Crippen LogP contribution in [0.15, 0.2) is 0 Å². The van der Waals surface area contributed by atoms with Gasteiger partial charge in [-0.2, -0.15) is 0 Å². The molecule has 0 amide bonds. The number of nitrogens with zero attached hydrogens (tertiary/aromatic N) is 1. The lowest BCUT2D eigenvalue weighted by Gasteiger charge is -2.41. The molecule has 1 N–H and O–H groups in total. The van der Waals surface area contributed by atoms with Crippen LogP contribution >= 0.6 is 0 Å². The highest BCUT2D eigenvalue weighted by molar-refractivity contribution is 7.89. The van der Waals surface area contributed by atoms with Crippen LogP contribution in [0.3, 0.4) is 0 Å². The third-order valence-corrected chi connectivity index (χ3v) is 5.57. The summed E-state index contributed by atoms with van der Waals surface area (Å²) in [6.45, 7) is 7.32. The molecule has 2 rings (SSSR count). The average molecular weight is 246 g/mol. The van der Waals surface area contributed by atoms with E-state index in [0.29, 0.717) is 17.6 Å². The van der Waals surface area contributed by atoms with Crippen molar-refractivity contribution in [2.45, 2.75) is 20.3 Å². The van der Waals surface area contributed by atoms with Crippen LogP contribution in [-0.2, 0) is 10.0 Å². The molecule has 0 radical (unpaired) electrons. The molecule has 0 aromatic rings. The Bertz CT molecular complexity index is 328. The summed E-state index contributed by atoms with van der Waals surface area (Å²) in [5.74, 6) is 1.55. The molecule has 5 heteroatoms. The Morgan fingerprint density at radius 2 is 1.81 bits per heavy atom. The SMILES string of the molecule is CC(C)CS(=O)(=O)N1CC2CNCC(C2)C1. The molecular weight excluding hydrogens is 224 g/mol. The summed E-state index contributed by atoms with van der Waals surface area (Å²) in [5.41, 5.74) is 0. The minimum atomic E-state index is -3.02. The van der Waals surface area contributed by atoms with Crippen LogP contribution in [0, 0.1) is 17.8 Å². The second-order valence-corrected chi connectivity index (χ2v) is 7.63. The summed E-state index contributed by atoms with van der Waals surface area (Å²) in [6, 6.07) is 0. The van der Waals surface area contributed by atoms with Gasteiger partial charge >= 0.3 is 0 Å². The number of fused-ring (bicyclic) bond motifs is 2. The molecule has 0 saturated carbocycles. The quantitative estimate of drug-likeness (QED) is 0.789. The Morgan fingerprint density at radius 1 is 1.25 bits per heavy atom. The molecule has 0 aliphatic carbocycles. The van der Waals surface area contributed by atoms with E-state index in [1.54, 1.807) is 4.31 Å². The minimum Gasteiger partial charge on any atom is -0.316 e. The fourth-order valence-electron chi connectivity index (χ4n) is 2.81. The third-order valence-electron chi connectivity index (χ3n) is 3.39. The lowest BCUT2D eigenvalue weighted by molar-refractivity contribution is 0.158. The van der Waals surface area contributed by atoms with Crippen LogP contribution in [0.1, 0.15) is 20.3 Å². The number of rotatable bonds is 3. The van der Waals surface area contributed by atoms with Gasteiger partial charge in [0.05, 0.1) is 5.75 Å². The van der Waals surface area contributed by atoms with Gasteiger partial charge in [-0.3, -0.25) is 0 Å². The van der Waals surface area contributed by atoms with Crippen LogP contribution in [0.2, 0.25) is 0 Å². The van der Waals surface area contributed by atoms with Gasteiger partial charge in [0, 0.05) is 13.1 Å². The maximum absolute atomic E-state index is 12.1. The van der Waals surface area contributed by atoms with Crippen molar-refractivity contribution in [3.63, 3.8) is 0 Å². The Hall–Kier alpha value is -0.130. The van der Waals surface area contributed by atoms with Crippen molar-refractivity contribution in [3.8, 4) is 0 Å². The molecule has 16 heavy (non-hydrogen) atoms. The van der Waals surface area contributed by atoms with Crippen molar-refractivity contribution in [1.82, 2.24) is 9.62 Å². The molecule has 2 unspecified atom stereocenters. The summed E-state index contributed by atoms with van der Waals surface area (Å²) in [6.07, 6.45) is 1.20. The van der Waals surface area contributed by atoms with E-state index in [9.17, 15) is 8.42 Å². The van der Waals surface area contributed by atoms with E-state index in [1.165, 1.54) is 6.42 Å². The topological polar surface area (TPSA) is 49.4 Å². The molecule has 2 fully saturated rings. The lowest BCUT2D eigenvalue weighted by Crippen LogP contribution is -2.53. The number of hydrogen-bond donors (Lipinski definition) is 1. The monoisotopic (exact) mass is 246 g/mol. The van der Waals surface area contributed by atoms with Crippen LogP contribution in [0.5, 0.6) is 0 Å². The van der Waals surface area contributed by atoms with Crippen LogP contribution in [0.4, 0.5) is 0 Å². The van der Waals surface area contributed by atoms with E-state index < -0.39 is 10.0 Å². The second kappa shape index (κ2) is 4.63. The number of piperidine rings is 2. The smallest absolute Gasteiger partial charge is 0.214 e. The third kappa shape index (κ3) is 2.76. The summed E-state index contributed by atoms with van der Waals surface area (Å²) in [5, 5.41) is 3.38. The van der Waals surface area contributed by atoms with Crippen molar-refractivity contribution in [3.05, 3.63) is 0 Å². The van der Waals surface area contributed by atoms with E-state index in [2.05, 4.69) is 5.32 Å². The first-order valence-electron chi connectivity index (χ1n) is 6.16. The van der Waals surface area contributed by atoms with E-state index in [0.717, 1.165) is 26.2 Å². The zero-order valence-corrected chi connectivity index (χ0v) is 11.0. The average Bonchev–Trinajstić information content (AvgIpc) is 2.14. The first-order chi connectivity index (χ1) is 7.47. The summed E-state index contributed by atoms with van der Waals surface area (Å²) in [7, 11) is -3.02. The molecule has 0 aromatic heterocycles. The van der Waals surface area contributed by atoms with Crippen molar-refractivity contribution < 1.29 is 8.42 Å². The summed E-state index contributed by atoms with van der Waals surface area (Å²) < 4.78 is 26.0. The molecule has 94 valence electrons. The van der Waals surface area contributed by atoms with Crippen molar-refractivity contribution in [2.75, 3.05) is 31.9 Å². The molecule has 2 heterocycles. The van der Waals surface area contributed by atoms with E-state index in [4.69, 9.17) is 0 Å². The number of nitrogens with one attached hydrogen (secondary N) is 1. The molecule has 0 spiro atoms. The van der Waals surface area contributed by atoms with E-state index in [-0.39, 0.29) is 5.92 Å². The normalized spacial score (nSPS) is 31.9. The van der Waals surface area contributed by atoms with E-state index in [1.807, 2.05) is 13.8 Å². The highest BCUT2D eigenvalue weighted by Crippen LogP contribution is 2.26. The molecular formula is C11H22N2O2S. The maximum Gasteiger partial charge on any atom is 0.214 e. The largest absolute Gasteiger partial charge is 0.316 e. The first kappa shape index (κ1) is 12.3. The van der Waals surface area contributed by atoms with Gasteiger partial charge in [0.25, 0.3) is 0 Å². The summed E-state index contributed by atoms with van der Waals surface area (Å²) in [4.78, 5) is 0. The van der Waals surface area contributed by atoms with Gasteiger partial charge in [0.15, 0.2) is 0 Å². The van der Waals surface area contributed by atoms with Crippen molar-refractivity contribution in [1.29, 1.82) is 0 Å². The van der Waals surface area contributed by atoms with Gasteiger partial charge in [-0.05, 0) is 37.3 Å². The Balaban J connectivity index is 2.04. The summed E-state index contributed by atoms with van der Waals surface area (Å²) >= 11 is 0. The van der Waals surface area contributed by atoms with Gasteiger partial charge in [-0.25, -0.2) is 12.7 Å². The Labute approximate surface area is 98.4 Å². The maximum atomic E-state index is 12.1. The number of sulfonamides is 1. The standard InChI is InChI=1S/C11H22N2O2S/c1-9(2)8-16(14,15)13-6-10-3-11(7-13)5-12-4-10/h9-12H,3-8H2,1-2H3. The van der Waals surface area contributed by atoms with Crippen LogP contribution < -0.4 is 5.32 Å².